The van der Waals surface area contributed by atoms with Crippen molar-refractivity contribution in [3.63, 3.8) is 0 Å². The number of hydrogen-bond donors (Lipinski definition) is 3. The van der Waals surface area contributed by atoms with Gasteiger partial charge in [0, 0.05) is 41.9 Å². The first kappa shape index (κ1) is 26.9. The molecule has 0 aromatic heterocycles. The van der Waals surface area contributed by atoms with Crippen LogP contribution in [-0.4, -0.2) is 80.0 Å². The van der Waals surface area contributed by atoms with Gasteiger partial charge in [-0.1, -0.05) is 0 Å². The molecule has 15 heteroatoms. The molecule has 0 aromatic rings. The molecule has 0 aromatic carbocycles. The summed E-state index contributed by atoms with van der Waals surface area (Å²) in [6.07, 6.45) is -4.44. The molecule has 5 atom stereocenters. The van der Waals surface area contributed by atoms with Crippen molar-refractivity contribution in [2.24, 2.45) is 0 Å². The fourth-order valence-electron chi connectivity index (χ4n) is 2.84. The molecule has 0 radical (unpaired) electrons. The van der Waals surface area contributed by atoms with Gasteiger partial charge in [0.25, 0.3) is 5.91 Å². The van der Waals surface area contributed by atoms with Crippen LogP contribution >= 0.6 is 7.75 Å². The Morgan fingerprint density at radius 1 is 0.968 bits per heavy atom. The lowest BCUT2D eigenvalue weighted by Crippen LogP contribution is -2.75. The molecule has 0 aliphatic carbocycles. The van der Waals surface area contributed by atoms with Gasteiger partial charge in [-0.15, -0.1) is 0 Å². The van der Waals surface area contributed by atoms with Crippen molar-refractivity contribution in [2.75, 3.05) is 20.8 Å². The van der Waals surface area contributed by atoms with E-state index < -0.39 is 68.4 Å². The largest absolute Gasteiger partial charge is 0.463 e. The topological polar surface area (TPSA) is 185 Å². The number of rotatable bonds is 9. The third-order valence-electron chi connectivity index (χ3n) is 3.96. The molecule has 0 bridgehead atoms. The van der Waals surface area contributed by atoms with E-state index in [4.69, 9.17) is 28.0 Å². The average molecular weight is 470 g/mol. The van der Waals surface area contributed by atoms with Gasteiger partial charge in [-0.3, -0.25) is 19.2 Å². The van der Waals surface area contributed by atoms with Crippen molar-refractivity contribution in [3.05, 3.63) is 0 Å². The van der Waals surface area contributed by atoms with Crippen molar-refractivity contribution >= 4 is 31.6 Å². The molecule has 0 spiro atoms. The SMILES string of the molecule is COP(=O)(N[C@@]1(O)O[C@H](COC(C)=O)[C@@H](OC(C)=O)[C@H](OC(C)=O)[C@H]1NC(C)=O)OC. The minimum Gasteiger partial charge on any atom is -0.463 e. The molecule has 31 heavy (non-hydrogen) atoms. The minimum absolute atomic E-state index is 0.563. The van der Waals surface area contributed by atoms with Crippen LogP contribution in [0.25, 0.3) is 0 Å². The Kier molecular flexibility index (Phi) is 9.54. The number of aliphatic hydroxyl groups is 1. The van der Waals surface area contributed by atoms with Gasteiger partial charge in [-0.05, 0) is 0 Å². The fourth-order valence-corrected chi connectivity index (χ4v) is 3.76. The zero-order chi connectivity index (χ0) is 24.0. The van der Waals surface area contributed by atoms with E-state index >= 15 is 0 Å². The Balaban J connectivity index is 3.56. The summed E-state index contributed by atoms with van der Waals surface area (Å²) in [7, 11) is -2.18. The van der Waals surface area contributed by atoms with Crippen LogP contribution in [0.3, 0.4) is 0 Å². The molecule has 1 fully saturated rings. The predicted molar refractivity (Wildman–Crippen MR) is 99.9 cm³/mol. The van der Waals surface area contributed by atoms with Crippen LogP contribution in [0.5, 0.6) is 0 Å². The van der Waals surface area contributed by atoms with Gasteiger partial charge in [0.15, 0.2) is 12.2 Å². The van der Waals surface area contributed by atoms with E-state index in [1.165, 1.54) is 0 Å². The second-order valence-electron chi connectivity index (χ2n) is 6.46. The van der Waals surface area contributed by atoms with Crippen LogP contribution < -0.4 is 10.4 Å². The normalized spacial score (nSPS) is 28.4. The fraction of sp³-hybridized carbons (Fsp3) is 0.750. The van der Waals surface area contributed by atoms with Crippen LogP contribution in [-0.2, 0) is 51.7 Å². The number of ether oxygens (including phenoxy) is 4. The highest BCUT2D eigenvalue weighted by molar-refractivity contribution is 7.51. The van der Waals surface area contributed by atoms with Gasteiger partial charge in [0.1, 0.15) is 18.8 Å². The van der Waals surface area contributed by atoms with Crippen molar-refractivity contribution in [1.82, 2.24) is 10.4 Å². The lowest BCUT2D eigenvalue weighted by Gasteiger charge is -2.49. The monoisotopic (exact) mass is 470 g/mol. The third-order valence-corrected chi connectivity index (χ3v) is 5.52. The molecule has 1 saturated heterocycles. The number of amides is 1. The maximum atomic E-state index is 12.6. The summed E-state index contributed by atoms with van der Waals surface area (Å²) in [5.41, 5.74) is 0. The van der Waals surface area contributed by atoms with Gasteiger partial charge in [0.2, 0.25) is 5.91 Å². The van der Waals surface area contributed by atoms with Gasteiger partial charge in [-0.25, -0.2) is 4.57 Å². The lowest BCUT2D eigenvalue weighted by molar-refractivity contribution is -0.327. The van der Waals surface area contributed by atoms with Crippen molar-refractivity contribution in [1.29, 1.82) is 0 Å². The number of carbonyl (C=O) groups is 4. The smallest absolute Gasteiger partial charge is 0.409 e. The summed E-state index contributed by atoms with van der Waals surface area (Å²) in [5, 5.41) is 15.6. The maximum Gasteiger partial charge on any atom is 0.409 e. The van der Waals surface area contributed by atoms with E-state index in [-0.39, 0.29) is 0 Å². The molecule has 178 valence electrons. The first-order chi connectivity index (χ1) is 14.3. The Bertz CT molecular complexity index is 738. The molecular formula is C16H27N2O12P. The molecule has 1 aliphatic rings. The number of esters is 3. The molecule has 1 amide bonds. The first-order valence-electron chi connectivity index (χ1n) is 8.93. The van der Waals surface area contributed by atoms with Crippen LogP contribution in [0.15, 0.2) is 0 Å². The molecule has 1 aliphatic heterocycles. The number of carbonyl (C=O) groups excluding carboxylic acids is 4. The molecule has 3 N–H and O–H groups in total. The molecule has 14 nitrogen and oxygen atoms in total. The highest BCUT2D eigenvalue weighted by Crippen LogP contribution is 2.46. The molecular weight excluding hydrogens is 443 g/mol. The van der Waals surface area contributed by atoms with Crippen LogP contribution in [0.1, 0.15) is 27.7 Å². The second-order valence-corrected chi connectivity index (χ2v) is 8.40. The quantitative estimate of drug-likeness (QED) is 0.161. The summed E-state index contributed by atoms with van der Waals surface area (Å²) < 4.78 is 42.9. The molecule has 1 rings (SSSR count). The van der Waals surface area contributed by atoms with Crippen LogP contribution in [0.2, 0.25) is 0 Å². The average Bonchev–Trinajstić information content (AvgIpc) is 2.64. The van der Waals surface area contributed by atoms with Crippen molar-refractivity contribution in [2.45, 2.75) is 58.0 Å². The number of hydrogen-bond acceptors (Lipinski definition) is 12. The van der Waals surface area contributed by atoms with Gasteiger partial charge in [-0.2, -0.15) is 5.09 Å². The third kappa shape index (κ3) is 7.52. The van der Waals surface area contributed by atoms with Gasteiger partial charge >= 0.3 is 25.7 Å². The second kappa shape index (κ2) is 11.0. The Hall–Kier alpha value is -2.09. The van der Waals surface area contributed by atoms with Gasteiger partial charge < -0.3 is 38.4 Å². The Labute approximate surface area is 178 Å². The van der Waals surface area contributed by atoms with E-state index in [9.17, 15) is 28.8 Å². The number of nitrogens with one attached hydrogen (secondary N) is 2. The molecule has 1 heterocycles. The maximum absolute atomic E-state index is 12.6. The van der Waals surface area contributed by atoms with E-state index in [1.54, 1.807) is 0 Å². The summed E-state index contributed by atoms with van der Waals surface area (Å²) in [5.74, 6) is -5.88. The zero-order valence-electron chi connectivity index (χ0n) is 17.9. The standard InChI is InChI=1S/C16H27N2O12P/c1-8(19)17-15-14(29-11(4)22)13(28-10(3)21)12(7-27-9(2)20)30-16(15,23)18-31(24,25-5)26-6/h12-15,23H,7H2,1-6H3,(H,17,19)(H,18,24)/t12-,13-,14+,15-,16+/m1/s1. The summed E-state index contributed by atoms with van der Waals surface area (Å²) >= 11 is 0. The van der Waals surface area contributed by atoms with E-state index in [0.717, 1.165) is 41.9 Å². The lowest BCUT2D eigenvalue weighted by atomic mass is 9.93. The minimum atomic E-state index is -4.20. The highest BCUT2D eigenvalue weighted by atomic mass is 31.2. The van der Waals surface area contributed by atoms with Crippen LogP contribution in [0.4, 0.5) is 0 Å². The zero-order valence-corrected chi connectivity index (χ0v) is 18.8. The Morgan fingerprint density at radius 3 is 1.90 bits per heavy atom. The van der Waals surface area contributed by atoms with E-state index in [0.29, 0.717) is 0 Å². The summed E-state index contributed by atoms with van der Waals surface area (Å²) in [6, 6.07) is -1.68. The summed E-state index contributed by atoms with van der Waals surface area (Å²) in [4.78, 5) is 46.5. The van der Waals surface area contributed by atoms with Crippen LogP contribution in [0, 0.1) is 0 Å². The van der Waals surface area contributed by atoms with E-state index in [1.807, 2.05) is 0 Å². The van der Waals surface area contributed by atoms with Crippen molar-refractivity contribution < 1.29 is 56.8 Å². The first-order valence-corrected chi connectivity index (χ1v) is 10.5. The van der Waals surface area contributed by atoms with E-state index in [2.05, 4.69) is 10.4 Å². The van der Waals surface area contributed by atoms with Crippen molar-refractivity contribution in [3.8, 4) is 0 Å². The highest BCUT2D eigenvalue weighted by Gasteiger charge is 2.60. The Morgan fingerprint density at radius 2 is 1.48 bits per heavy atom. The van der Waals surface area contributed by atoms with Gasteiger partial charge in [0.05, 0.1) is 0 Å². The summed E-state index contributed by atoms with van der Waals surface area (Å²) in [6.45, 7) is 3.72. The molecule has 0 unspecified atom stereocenters. The predicted octanol–water partition coefficient (Wildman–Crippen LogP) is -1.05. The molecule has 0 saturated carbocycles.